The number of aliphatic hydroxyl groups is 1. The summed E-state index contributed by atoms with van der Waals surface area (Å²) in [7, 11) is -1.15. The number of piperidine rings is 1. The lowest BCUT2D eigenvalue weighted by Gasteiger charge is -2.42. The Balaban J connectivity index is 1.19. The molecule has 8 nitrogen and oxygen atoms in total. The fraction of sp³-hybridized carbons (Fsp3) is 0.652. The fourth-order valence-corrected chi connectivity index (χ4v) is 7.61. The van der Waals surface area contributed by atoms with E-state index in [4.69, 9.17) is 9.97 Å². The molecule has 2 saturated carbocycles. The number of aromatic nitrogens is 4. The SMILES string of the molecule is O=S1c2c(nc(N3CCC(c4ncc(SC(F)(F)F)cn4)CC3)nc2NC2(CO)CCC2)CC12CC2. The minimum absolute atomic E-state index is 0.00451. The fourth-order valence-electron chi connectivity index (χ4n) is 5.35. The van der Waals surface area contributed by atoms with Crippen molar-refractivity contribution in [3.63, 3.8) is 0 Å². The molecule has 2 aliphatic carbocycles. The first-order valence-electron chi connectivity index (χ1n) is 12.2. The van der Waals surface area contributed by atoms with Crippen molar-refractivity contribution in [2.75, 3.05) is 29.9 Å². The number of aliphatic hydroxyl groups excluding tert-OH is 1. The van der Waals surface area contributed by atoms with Crippen molar-refractivity contribution in [3.05, 3.63) is 23.9 Å². The lowest BCUT2D eigenvalue weighted by atomic mass is 9.77. The van der Waals surface area contributed by atoms with Crippen LogP contribution in [0.3, 0.4) is 0 Å². The number of alkyl halides is 3. The number of rotatable bonds is 6. The van der Waals surface area contributed by atoms with Crippen LogP contribution in [0.25, 0.3) is 0 Å². The molecule has 1 saturated heterocycles. The van der Waals surface area contributed by atoms with E-state index in [1.165, 1.54) is 12.4 Å². The molecule has 2 aliphatic heterocycles. The molecule has 1 unspecified atom stereocenters. The quantitative estimate of drug-likeness (QED) is 0.530. The smallest absolute Gasteiger partial charge is 0.394 e. The molecular formula is C23H27F3N6O2S2. The Labute approximate surface area is 213 Å². The Hall–Kier alpha value is -1.99. The van der Waals surface area contributed by atoms with Gasteiger partial charge in [-0.3, -0.25) is 4.21 Å². The van der Waals surface area contributed by atoms with Gasteiger partial charge in [0.2, 0.25) is 5.95 Å². The normalized spacial score (nSPS) is 24.4. The minimum atomic E-state index is -4.36. The van der Waals surface area contributed by atoms with Crippen molar-refractivity contribution >= 4 is 34.3 Å². The van der Waals surface area contributed by atoms with E-state index < -0.39 is 21.8 Å². The minimum Gasteiger partial charge on any atom is -0.394 e. The van der Waals surface area contributed by atoms with E-state index >= 15 is 0 Å². The number of nitrogens with zero attached hydrogens (tertiary/aromatic N) is 5. The van der Waals surface area contributed by atoms with Crippen molar-refractivity contribution in [1.29, 1.82) is 0 Å². The summed E-state index contributed by atoms with van der Waals surface area (Å²) in [6.07, 6.45) is 9.21. The van der Waals surface area contributed by atoms with Gasteiger partial charge >= 0.3 is 5.51 Å². The average molecular weight is 541 g/mol. The summed E-state index contributed by atoms with van der Waals surface area (Å²) in [6, 6.07) is 0. The number of hydrogen-bond acceptors (Lipinski definition) is 9. The maximum absolute atomic E-state index is 13.3. The third-order valence-corrected chi connectivity index (χ3v) is 10.6. The van der Waals surface area contributed by atoms with Crippen molar-refractivity contribution in [2.24, 2.45) is 0 Å². The van der Waals surface area contributed by atoms with Crippen LogP contribution in [0.2, 0.25) is 0 Å². The van der Waals surface area contributed by atoms with Crippen molar-refractivity contribution in [3.8, 4) is 0 Å². The van der Waals surface area contributed by atoms with Crippen LogP contribution in [0.1, 0.15) is 62.4 Å². The third kappa shape index (κ3) is 4.47. The molecule has 0 amide bonds. The van der Waals surface area contributed by atoms with Gasteiger partial charge in [-0.2, -0.15) is 18.2 Å². The number of thioether (sulfide) groups is 1. The zero-order valence-electron chi connectivity index (χ0n) is 19.6. The molecule has 13 heteroatoms. The lowest BCUT2D eigenvalue weighted by molar-refractivity contribution is -0.0328. The van der Waals surface area contributed by atoms with E-state index in [0.717, 1.165) is 50.6 Å². The van der Waals surface area contributed by atoms with Crippen LogP contribution in [0.4, 0.5) is 24.9 Å². The average Bonchev–Trinajstić information content (AvgIpc) is 3.55. The summed E-state index contributed by atoms with van der Waals surface area (Å²) >= 11 is -0.213. The van der Waals surface area contributed by atoms with Crippen molar-refractivity contribution < 1.29 is 22.5 Å². The van der Waals surface area contributed by atoms with Gasteiger partial charge in [0, 0.05) is 37.8 Å². The molecule has 2 aromatic rings. The van der Waals surface area contributed by atoms with Crippen molar-refractivity contribution in [2.45, 2.75) is 82.9 Å². The van der Waals surface area contributed by atoms with E-state index in [2.05, 4.69) is 20.2 Å². The second kappa shape index (κ2) is 8.80. The highest BCUT2D eigenvalue weighted by Crippen LogP contribution is 2.54. The summed E-state index contributed by atoms with van der Waals surface area (Å²) in [4.78, 5) is 20.8. The van der Waals surface area contributed by atoms with Crippen LogP contribution in [0, 0.1) is 0 Å². The van der Waals surface area contributed by atoms with Gasteiger partial charge in [0.15, 0.2) is 0 Å². The van der Waals surface area contributed by atoms with E-state index in [0.29, 0.717) is 42.0 Å². The van der Waals surface area contributed by atoms with Gasteiger partial charge in [-0.05, 0) is 56.7 Å². The molecule has 0 aromatic carbocycles. The van der Waals surface area contributed by atoms with Crippen LogP contribution < -0.4 is 10.2 Å². The summed E-state index contributed by atoms with van der Waals surface area (Å²) in [6.45, 7) is 1.32. The molecule has 2 aromatic heterocycles. The van der Waals surface area contributed by atoms with Gasteiger partial charge in [0.1, 0.15) is 16.5 Å². The highest BCUT2D eigenvalue weighted by Gasteiger charge is 2.56. The maximum atomic E-state index is 13.3. The van der Waals surface area contributed by atoms with Gasteiger partial charge in [0.25, 0.3) is 0 Å². The van der Waals surface area contributed by atoms with E-state index in [9.17, 15) is 22.5 Å². The predicted molar refractivity (Wildman–Crippen MR) is 130 cm³/mol. The highest BCUT2D eigenvalue weighted by molar-refractivity contribution is 8.00. The molecule has 0 bridgehead atoms. The van der Waals surface area contributed by atoms with Gasteiger partial charge in [-0.1, -0.05) is 0 Å². The Morgan fingerprint density at radius 3 is 2.39 bits per heavy atom. The Morgan fingerprint density at radius 1 is 1.14 bits per heavy atom. The number of fused-ring (bicyclic) bond motifs is 1. The molecular weight excluding hydrogens is 513 g/mol. The number of nitrogens with one attached hydrogen (secondary N) is 1. The zero-order valence-corrected chi connectivity index (χ0v) is 21.2. The molecule has 2 N–H and O–H groups in total. The summed E-state index contributed by atoms with van der Waals surface area (Å²) in [5, 5.41) is 13.4. The van der Waals surface area contributed by atoms with Gasteiger partial charge < -0.3 is 15.3 Å². The summed E-state index contributed by atoms with van der Waals surface area (Å²) in [5.74, 6) is 1.79. The molecule has 3 fully saturated rings. The monoisotopic (exact) mass is 540 g/mol. The molecule has 194 valence electrons. The Kier molecular flexibility index (Phi) is 5.95. The largest absolute Gasteiger partial charge is 0.446 e. The van der Waals surface area contributed by atoms with E-state index in [-0.39, 0.29) is 33.9 Å². The standard InChI is InChI=1S/C23H27F3N6O2S2/c24-23(25,26)35-15-11-27-18(28-12-15)14-2-8-32(9-3-14)20-29-16-10-22(6-7-22)36(34)17(16)19(30-20)31-21(13-33)4-1-5-21/h11-12,14,33H,1-10,13H2,(H,29,30,31). The van der Waals surface area contributed by atoms with Gasteiger partial charge in [-0.25, -0.2) is 15.0 Å². The number of hydrogen-bond donors (Lipinski definition) is 2. The number of halogens is 3. The van der Waals surface area contributed by atoms with Gasteiger partial charge in [0.05, 0.1) is 38.3 Å². The second-order valence-corrected chi connectivity index (χ2v) is 13.2. The molecule has 4 aliphatic rings. The topological polar surface area (TPSA) is 104 Å². The zero-order chi connectivity index (χ0) is 25.1. The van der Waals surface area contributed by atoms with Crippen LogP contribution in [0.15, 0.2) is 22.2 Å². The first kappa shape index (κ1) is 24.4. The van der Waals surface area contributed by atoms with Crippen molar-refractivity contribution in [1.82, 2.24) is 19.9 Å². The molecule has 4 heterocycles. The molecule has 36 heavy (non-hydrogen) atoms. The summed E-state index contributed by atoms with van der Waals surface area (Å²) in [5.41, 5.74) is -3.93. The number of anilines is 2. The first-order chi connectivity index (χ1) is 17.2. The molecule has 1 spiro atoms. The molecule has 1 atom stereocenters. The van der Waals surface area contributed by atoms with E-state index in [1.807, 2.05) is 0 Å². The van der Waals surface area contributed by atoms with Gasteiger partial charge in [-0.15, -0.1) is 0 Å². The predicted octanol–water partition coefficient (Wildman–Crippen LogP) is 3.79. The van der Waals surface area contributed by atoms with Crippen LogP contribution in [0.5, 0.6) is 0 Å². The molecule has 0 radical (unpaired) electrons. The third-order valence-electron chi connectivity index (χ3n) is 7.82. The van der Waals surface area contributed by atoms with Crippen LogP contribution >= 0.6 is 11.8 Å². The van der Waals surface area contributed by atoms with Crippen LogP contribution in [-0.2, 0) is 17.2 Å². The maximum Gasteiger partial charge on any atom is 0.446 e. The summed E-state index contributed by atoms with van der Waals surface area (Å²) < 4.78 is 50.8. The first-order valence-corrected chi connectivity index (χ1v) is 14.2. The Morgan fingerprint density at radius 2 is 1.83 bits per heavy atom. The second-order valence-electron chi connectivity index (χ2n) is 10.3. The van der Waals surface area contributed by atoms with E-state index in [1.54, 1.807) is 0 Å². The highest BCUT2D eigenvalue weighted by atomic mass is 32.2. The molecule has 6 rings (SSSR count). The Bertz CT molecular complexity index is 1170. The van der Waals surface area contributed by atoms with Crippen LogP contribution in [-0.4, -0.2) is 64.7 Å². The lowest BCUT2D eigenvalue weighted by Crippen LogP contribution is -2.49.